The van der Waals surface area contributed by atoms with Gasteiger partial charge in [0.15, 0.2) is 0 Å². The molecule has 2 N–H and O–H groups in total. The Kier molecular flexibility index (Phi) is 5.74. The van der Waals surface area contributed by atoms with Crippen LogP contribution in [0.5, 0.6) is 5.75 Å². The van der Waals surface area contributed by atoms with Crippen LogP contribution in [-0.2, 0) is 11.2 Å². The van der Waals surface area contributed by atoms with Crippen molar-refractivity contribution in [3.63, 3.8) is 0 Å². The van der Waals surface area contributed by atoms with Crippen LogP contribution < -0.4 is 15.4 Å². The normalized spacial score (nSPS) is 17.1. The van der Waals surface area contributed by atoms with Crippen molar-refractivity contribution < 1.29 is 9.47 Å². The highest BCUT2D eigenvalue weighted by Crippen LogP contribution is 2.41. The summed E-state index contributed by atoms with van der Waals surface area (Å²) in [7, 11) is 1.68. The Bertz CT molecular complexity index is 462. The molecule has 1 aromatic carbocycles. The number of nitrogen functional groups attached to an aromatic ring is 1. The number of anilines is 2. The SMILES string of the molecule is CCCCN1c2c(N)cc(OCCOC)cc2CC1CC. The number of rotatable bonds is 8. The van der Waals surface area contributed by atoms with Gasteiger partial charge >= 0.3 is 0 Å². The Morgan fingerprint density at radius 2 is 2.10 bits per heavy atom. The Labute approximate surface area is 128 Å². The number of nitrogens with zero attached hydrogens (tertiary/aromatic N) is 1. The van der Waals surface area contributed by atoms with Crippen molar-refractivity contribution in [2.75, 3.05) is 37.5 Å². The molecule has 118 valence electrons. The third-order valence-corrected chi connectivity index (χ3v) is 4.16. The molecule has 0 radical (unpaired) electrons. The summed E-state index contributed by atoms with van der Waals surface area (Å²) >= 11 is 0. The molecule has 0 fully saturated rings. The standard InChI is InChI=1S/C17H28N2O2/c1-4-6-7-19-14(5-2)10-13-11-15(21-9-8-20-3)12-16(18)17(13)19/h11-12,14H,4-10,18H2,1-3H3. The largest absolute Gasteiger partial charge is 0.491 e. The van der Waals surface area contributed by atoms with Crippen molar-refractivity contribution in [2.45, 2.75) is 45.6 Å². The van der Waals surface area contributed by atoms with Gasteiger partial charge in [-0.2, -0.15) is 0 Å². The summed E-state index contributed by atoms with van der Waals surface area (Å²) < 4.78 is 10.7. The van der Waals surface area contributed by atoms with Crippen LogP contribution in [0.3, 0.4) is 0 Å². The summed E-state index contributed by atoms with van der Waals surface area (Å²) in [5.74, 6) is 0.857. The van der Waals surface area contributed by atoms with Crippen molar-refractivity contribution >= 4 is 11.4 Å². The molecule has 0 spiro atoms. The van der Waals surface area contributed by atoms with E-state index in [1.54, 1.807) is 7.11 Å². The zero-order valence-electron chi connectivity index (χ0n) is 13.5. The van der Waals surface area contributed by atoms with Gasteiger partial charge in [-0.1, -0.05) is 20.3 Å². The Morgan fingerprint density at radius 1 is 1.29 bits per heavy atom. The predicted octanol–water partition coefficient (Wildman–Crippen LogP) is 3.24. The fourth-order valence-corrected chi connectivity index (χ4v) is 3.06. The maximum atomic E-state index is 6.30. The van der Waals surface area contributed by atoms with Crippen LogP contribution in [0.1, 0.15) is 38.7 Å². The number of unbranched alkanes of at least 4 members (excludes halogenated alkanes) is 1. The lowest BCUT2D eigenvalue weighted by Gasteiger charge is -2.27. The van der Waals surface area contributed by atoms with Crippen molar-refractivity contribution in [1.29, 1.82) is 0 Å². The van der Waals surface area contributed by atoms with Crippen LogP contribution in [0.4, 0.5) is 11.4 Å². The first-order valence-corrected chi connectivity index (χ1v) is 8.02. The minimum atomic E-state index is 0.561. The van der Waals surface area contributed by atoms with Crippen molar-refractivity contribution in [1.82, 2.24) is 0 Å². The second kappa shape index (κ2) is 7.55. The number of benzene rings is 1. The fraction of sp³-hybridized carbons (Fsp3) is 0.647. The molecular weight excluding hydrogens is 264 g/mol. The van der Waals surface area contributed by atoms with Crippen molar-refractivity contribution in [3.8, 4) is 5.75 Å². The summed E-state index contributed by atoms with van der Waals surface area (Å²) in [6.07, 6.45) is 4.64. The Balaban J connectivity index is 2.18. The van der Waals surface area contributed by atoms with Crippen LogP contribution in [0.25, 0.3) is 0 Å². The van der Waals surface area contributed by atoms with Gasteiger partial charge in [-0.25, -0.2) is 0 Å². The van der Waals surface area contributed by atoms with E-state index in [0.29, 0.717) is 19.3 Å². The second-order valence-electron chi connectivity index (χ2n) is 5.67. The third kappa shape index (κ3) is 3.62. The molecule has 21 heavy (non-hydrogen) atoms. The van der Waals surface area contributed by atoms with E-state index < -0.39 is 0 Å². The predicted molar refractivity (Wildman–Crippen MR) is 88.3 cm³/mol. The molecule has 0 saturated carbocycles. The summed E-state index contributed by atoms with van der Waals surface area (Å²) in [5, 5.41) is 0. The summed E-state index contributed by atoms with van der Waals surface area (Å²) in [6.45, 7) is 6.73. The van der Waals surface area contributed by atoms with Gasteiger partial charge in [-0.05, 0) is 30.9 Å². The van der Waals surface area contributed by atoms with Crippen LogP contribution in [0.2, 0.25) is 0 Å². The van der Waals surface area contributed by atoms with E-state index in [0.717, 1.165) is 30.8 Å². The first-order chi connectivity index (χ1) is 10.2. The highest BCUT2D eigenvalue weighted by atomic mass is 16.5. The highest BCUT2D eigenvalue weighted by Gasteiger charge is 2.29. The van der Waals surface area contributed by atoms with Gasteiger partial charge in [0.05, 0.1) is 18.0 Å². The molecule has 4 heteroatoms. The molecule has 0 aromatic heterocycles. The van der Waals surface area contributed by atoms with E-state index in [-0.39, 0.29) is 0 Å². The van der Waals surface area contributed by atoms with Crippen LogP contribution in [-0.4, -0.2) is 32.9 Å². The van der Waals surface area contributed by atoms with Gasteiger partial charge in [0, 0.05) is 25.8 Å². The molecular formula is C17H28N2O2. The molecule has 1 unspecified atom stereocenters. The van der Waals surface area contributed by atoms with Gasteiger partial charge in [0.2, 0.25) is 0 Å². The molecule has 0 bridgehead atoms. The van der Waals surface area contributed by atoms with Crippen molar-refractivity contribution in [3.05, 3.63) is 17.7 Å². The Hall–Kier alpha value is -1.42. The van der Waals surface area contributed by atoms with E-state index in [1.807, 2.05) is 6.07 Å². The van der Waals surface area contributed by atoms with Gasteiger partial charge in [0.25, 0.3) is 0 Å². The molecule has 0 aliphatic carbocycles. The van der Waals surface area contributed by atoms with Gasteiger partial charge < -0.3 is 20.1 Å². The quantitative estimate of drug-likeness (QED) is 0.590. The maximum absolute atomic E-state index is 6.30. The maximum Gasteiger partial charge on any atom is 0.121 e. The minimum absolute atomic E-state index is 0.561. The van der Waals surface area contributed by atoms with E-state index in [4.69, 9.17) is 15.2 Å². The smallest absolute Gasteiger partial charge is 0.121 e. The first kappa shape index (κ1) is 16.0. The van der Waals surface area contributed by atoms with E-state index in [2.05, 4.69) is 24.8 Å². The number of hydrogen-bond donors (Lipinski definition) is 1. The first-order valence-electron chi connectivity index (χ1n) is 8.02. The molecule has 2 rings (SSSR count). The van der Waals surface area contributed by atoms with Crippen LogP contribution in [0.15, 0.2) is 12.1 Å². The lowest BCUT2D eigenvalue weighted by Crippen LogP contribution is -2.32. The molecule has 1 aliphatic rings. The van der Waals surface area contributed by atoms with Gasteiger partial charge in [0.1, 0.15) is 12.4 Å². The molecule has 4 nitrogen and oxygen atoms in total. The molecule has 1 aliphatic heterocycles. The number of ether oxygens (including phenoxy) is 2. The molecule has 1 aromatic rings. The van der Waals surface area contributed by atoms with Crippen LogP contribution in [0, 0.1) is 0 Å². The lowest BCUT2D eigenvalue weighted by atomic mass is 10.1. The van der Waals surface area contributed by atoms with E-state index in [1.165, 1.54) is 24.1 Å². The fourth-order valence-electron chi connectivity index (χ4n) is 3.06. The number of fused-ring (bicyclic) bond motifs is 1. The zero-order chi connectivity index (χ0) is 15.2. The van der Waals surface area contributed by atoms with E-state index >= 15 is 0 Å². The second-order valence-corrected chi connectivity index (χ2v) is 5.67. The topological polar surface area (TPSA) is 47.7 Å². The number of nitrogens with two attached hydrogens (primary N) is 1. The monoisotopic (exact) mass is 292 g/mol. The third-order valence-electron chi connectivity index (χ3n) is 4.16. The van der Waals surface area contributed by atoms with Crippen LogP contribution >= 0.6 is 0 Å². The zero-order valence-corrected chi connectivity index (χ0v) is 13.5. The summed E-state index contributed by atoms with van der Waals surface area (Å²) in [5.41, 5.74) is 9.70. The summed E-state index contributed by atoms with van der Waals surface area (Å²) in [4.78, 5) is 2.49. The molecule has 1 atom stereocenters. The average molecular weight is 292 g/mol. The lowest BCUT2D eigenvalue weighted by molar-refractivity contribution is 0.146. The van der Waals surface area contributed by atoms with E-state index in [9.17, 15) is 0 Å². The summed E-state index contributed by atoms with van der Waals surface area (Å²) in [6, 6.07) is 4.67. The molecule has 0 amide bonds. The number of methoxy groups -OCH3 is 1. The Morgan fingerprint density at radius 3 is 2.76 bits per heavy atom. The minimum Gasteiger partial charge on any atom is -0.491 e. The number of hydrogen-bond acceptors (Lipinski definition) is 4. The molecule has 1 heterocycles. The van der Waals surface area contributed by atoms with Gasteiger partial charge in [-0.3, -0.25) is 0 Å². The molecule has 0 saturated heterocycles. The van der Waals surface area contributed by atoms with Gasteiger partial charge in [-0.15, -0.1) is 0 Å². The van der Waals surface area contributed by atoms with Crippen molar-refractivity contribution in [2.24, 2.45) is 0 Å². The highest BCUT2D eigenvalue weighted by molar-refractivity contribution is 5.77. The average Bonchev–Trinajstić information content (AvgIpc) is 2.83.